The second kappa shape index (κ2) is 5.83. The number of hydrogen-bond donors (Lipinski definition) is 1. The minimum Gasteiger partial charge on any atom is -0.493 e. The molecule has 0 fully saturated rings. The quantitative estimate of drug-likeness (QED) is 0.790. The van der Waals surface area contributed by atoms with E-state index in [1.54, 1.807) is 32.2 Å². The third-order valence-electron chi connectivity index (χ3n) is 2.00. The number of ether oxygens (including phenoxy) is 2. The number of alkyl halides is 1. The van der Waals surface area contributed by atoms with E-state index in [9.17, 15) is 5.11 Å². The molecule has 0 aliphatic rings. The molecule has 1 N–H and O–H groups in total. The smallest absolute Gasteiger partial charge is 0.161 e. The summed E-state index contributed by atoms with van der Waals surface area (Å²) in [6.45, 7) is 2.14. The zero-order chi connectivity index (χ0) is 11.3. The fraction of sp³-hybridized carbons (Fsp3) is 0.455. The van der Waals surface area contributed by atoms with E-state index in [0.717, 1.165) is 5.56 Å². The summed E-state index contributed by atoms with van der Waals surface area (Å²) in [7, 11) is 1.56. The molecule has 84 valence electrons. The molecule has 0 aliphatic carbocycles. The molecular weight excluding hydrogens is 216 g/mol. The lowest BCUT2D eigenvalue weighted by Crippen LogP contribution is -2.01. The Morgan fingerprint density at radius 1 is 1.40 bits per heavy atom. The van der Waals surface area contributed by atoms with Crippen LogP contribution in [-0.4, -0.2) is 24.7 Å². The van der Waals surface area contributed by atoms with Crippen molar-refractivity contribution in [1.29, 1.82) is 0 Å². The van der Waals surface area contributed by atoms with Gasteiger partial charge in [-0.3, -0.25) is 0 Å². The van der Waals surface area contributed by atoms with Crippen molar-refractivity contribution < 1.29 is 14.6 Å². The van der Waals surface area contributed by atoms with Crippen LogP contribution in [0.3, 0.4) is 0 Å². The van der Waals surface area contributed by atoms with Gasteiger partial charge in [-0.2, -0.15) is 0 Å². The fourth-order valence-corrected chi connectivity index (χ4v) is 1.29. The van der Waals surface area contributed by atoms with Gasteiger partial charge in [-0.05, 0) is 24.6 Å². The van der Waals surface area contributed by atoms with Gasteiger partial charge in [-0.25, -0.2) is 0 Å². The Bertz CT molecular complexity index is 313. The average molecular weight is 231 g/mol. The molecule has 4 heteroatoms. The Morgan fingerprint density at radius 2 is 2.13 bits per heavy atom. The first-order valence-electron chi connectivity index (χ1n) is 4.73. The zero-order valence-corrected chi connectivity index (χ0v) is 9.62. The Balaban J connectivity index is 2.88. The number of benzene rings is 1. The minimum absolute atomic E-state index is 0.432. The normalized spacial score (nSPS) is 12.3. The van der Waals surface area contributed by atoms with E-state index in [0.29, 0.717) is 24.0 Å². The monoisotopic (exact) mass is 230 g/mol. The summed E-state index contributed by atoms with van der Waals surface area (Å²) in [5, 5.41) is 9.39. The molecule has 1 aromatic carbocycles. The summed E-state index contributed by atoms with van der Waals surface area (Å²) in [6.07, 6.45) is -0.513. The average Bonchev–Trinajstić information content (AvgIpc) is 2.25. The lowest BCUT2D eigenvalue weighted by atomic mass is 10.1. The van der Waals surface area contributed by atoms with Crippen molar-refractivity contribution in [3.05, 3.63) is 23.8 Å². The summed E-state index contributed by atoms with van der Waals surface area (Å²) in [5.41, 5.74) is 0.796. The van der Waals surface area contributed by atoms with E-state index in [1.807, 2.05) is 0 Å². The Morgan fingerprint density at radius 3 is 2.67 bits per heavy atom. The molecule has 15 heavy (non-hydrogen) atoms. The maximum atomic E-state index is 9.39. The molecule has 0 aliphatic heterocycles. The van der Waals surface area contributed by atoms with Gasteiger partial charge in [-0.1, -0.05) is 6.07 Å². The van der Waals surface area contributed by atoms with Crippen LogP contribution in [0.4, 0.5) is 0 Å². The van der Waals surface area contributed by atoms with Crippen molar-refractivity contribution in [2.75, 3.05) is 19.6 Å². The molecule has 0 radical (unpaired) electrons. The van der Waals surface area contributed by atoms with Crippen LogP contribution in [0.15, 0.2) is 18.2 Å². The third kappa shape index (κ3) is 3.29. The molecule has 0 heterocycles. The van der Waals surface area contributed by atoms with Crippen molar-refractivity contribution >= 4 is 11.6 Å². The largest absolute Gasteiger partial charge is 0.493 e. The predicted octanol–water partition coefficient (Wildman–Crippen LogP) is 2.37. The van der Waals surface area contributed by atoms with Gasteiger partial charge in [0.05, 0.1) is 19.1 Å². The van der Waals surface area contributed by atoms with E-state index in [-0.39, 0.29) is 0 Å². The van der Waals surface area contributed by atoms with Crippen LogP contribution in [-0.2, 0) is 0 Å². The summed E-state index contributed by atoms with van der Waals surface area (Å²) >= 11 is 5.52. The molecule has 1 rings (SSSR count). The lowest BCUT2D eigenvalue weighted by Gasteiger charge is -2.12. The van der Waals surface area contributed by atoms with Gasteiger partial charge in [0.15, 0.2) is 11.5 Å². The van der Waals surface area contributed by atoms with E-state index in [1.165, 1.54) is 0 Å². The Labute approximate surface area is 94.6 Å². The molecule has 0 spiro atoms. The number of halogens is 1. The van der Waals surface area contributed by atoms with Crippen molar-refractivity contribution in [3.63, 3.8) is 0 Å². The van der Waals surface area contributed by atoms with Crippen molar-refractivity contribution in [2.24, 2.45) is 0 Å². The van der Waals surface area contributed by atoms with E-state index in [2.05, 4.69) is 0 Å². The van der Waals surface area contributed by atoms with Crippen LogP contribution in [0.1, 0.15) is 18.6 Å². The predicted molar refractivity (Wildman–Crippen MR) is 59.8 cm³/mol. The summed E-state index contributed by atoms with van der Waals surface area (Å²) in [4.78, 5) is 0. The highest BCUT2D eigenvalue weighted by molar-refractivity contribution is 6.18. The van der Waals surface area contributed by atoms with Gasteiger partial charge >= 0.3 is 0 Å². The van der Waals surface area contributed by atoms with Crippen LogP contribution < -0.4 is 9.47 Å². The number of methoxy groups -OCH3 is 1. The van der Waals surface area contributed by atoms with Gasteiger partial charge in [0.25, 0.3) is 0 Å². The molecule has 0 aromatic heterocycles. The van der Waals surface area contributed by atoms with Crippen LogP contribution in [0.2, 0.25) is 0 Å². The highest BCUT2D eigenvalue weighted by Gasteiger charge is 2.08. The SMILES string of the molecule is COc1cc(C(C)O)ccc1OCCCl. The fourth-order valence-electron chi connectivity index (χ4n) is 1.21. The Kier molecular flexibility index (Phi) is 4.72. The van der Waals surface area contributed by atoms with Gasteiger partial charge in [0.1, 0.15) is 6.61 Å². The standard InChI is InChI=1S/C11H15ClO3/c1-8(13)9-3-4-10(15-6-5-12)11(7-9)14-2/h3-4,7-8,13H,5-6H2,1-2H3. The summed E-state index contributed by atoms with van der Waals surface area (Å²) in [6, 6.07) is 5.33. The van der Waals surface area contributed by atoms with Gasteiger partial charge in [0, 0.05) is 0 Å². The summed E-state index contributed by atoms with van der Waals surface area (Å²) in [5.74, 6) is 1.68. The van der Waals surface area contributed by atoms with E-state index >= 15 is 0 Å². The molecule has 0 saturated carbocycles. The molecule has 3 nitrogen and oxygen atoms in total. The van der Waals surface area contributed by atoms with Crippen molar-refractivity contribution in [2.45, 2.75) is 13.0 Å². The van der Waals surface area contributed by atoms with Crippen molar-refractivity contribution in [3.8, 4) is 11.5 Å². The second-order valence-corrected chi connectivity index (χ2v) is 3.50. The second-order valence-electron chi connectivity index (χ2n) is 3.12. The lowest BCUT2D eigenvalue weighted by molar-refractivity contribution is 0.198. The molecule has 0 saturated heterocycles. The van der Waals surface area contributed by atoms with E-state index < -0.39 is 6.10 Å². The van der Waals surface area contributed by atoms with Gasteiger partial charge in [0.2, 0.25) is 0 Å². The number of rotatable bonds is 5. The minimum atomic E-state index is -0.513. The van der Waals surface area contributed by atoms with Crippen LogP contribution >= 0.6 is 11.6 Å². The highest BCUT2D eigenvalue weighted by atomic mass is 35.5. The molecule has 1 atom stereocenters. The zero-order valence-electron chi connectivity index (χ0n) is 8.87. The van der Waals surface area contributed by atoms with Gasteiger partial charge in [-0.15, -0.1) is 11.6 Å². The van der Waals surface area contributed by atoms with Crippen LogP contribution in [0.5, 0.6) is 11.5 Å². The van der Waals surface area contributed by atoms with Crippen molar-refractivity contribution in [1.82, 2.24) is 0 Å². The first-order valence-corrected chi connectivity index (χ1v) is 5.27. The highest BCUT2D eigenvalue weighted by Crippen LogP contribution is 2.30. The first-order chi connectivity index (χ1) is 7.19. The van der Waals surface area contributed by atoms with Crippen LogP contribution in [0.25, 0.3) is 0 Å². The Hall–Kier alpha value is -0.930. The number of hydrogen-bond acceptors (Lipinski definition) is 3. The molecule has 1 aromatic rings. The summed E-state index contributed by atoms with van der Waals surface area (Å²) < 4.78 is 10.5. The molecule has 1 unspecified atom stereocenters. The van der Waals surface area contributed by atoms with Gasteiger partial charge < -0.3 is 14.6 Å². The first kappa shape index (κ1) is 12.1. The molecule has 0 bridgehead atoms. The van der Waals surface area contributed by atoms with Crippen LogP contribution in [0, 0.1) is 0 Å². The third-order valence-corrected chi connectivity index (χ3v) is 2.16. The number of aliphatic hydroxyl groups is 1. The molecule has 0 amide bonds. The number of aliphatic hydroxyl groups excluding tert-OH is 1. The maximum absolute atomic E-state index is 9.39. The molecular formula is C11H15ClO3. The topological polar surface area (TPSA) is 38.7 Å². The maximum Gasteiger partial charge on any atom is 0.161 e. The van der Waals surface area contributed by atoms with E-state index in [4.69, 9.17) is 21.1 Å².